The lowest BCUT2D eigenvalue weighted by Crippen LogP contribution is -2.26. The fourth-order valence-corrected chi connectivity index (χ4v) is 2.78. The number of carbonyl (C=O) groups excluding carboxylic acids is 1. The summed E-state index contributed by atoms with van der Waals surface area (Å²) in [5.41, 5.74) is 5.21. The normalized spacial score (nSPS) is 11.0. The third kappa shape index (κ3) is 4.34. The molecular formula is C21H17ClN2O. The minimum Gasteiger partial charge on any atom is -0.272 e. The molecule has 0 saturated carbocycles. The van der Waals surface area contributed by atoms with Crippen LogP contribution in [0.15, 0.2) is 90.0 Å². The Hall–Kier alpha value is -2.91. The van der Waals surface area contributed by atoms with Crippen LogP contribution in [0.1, 0.15) is 22.6 Å². The summed E-state index contributed by atoms with van der Waals surface area (Å²) in [6.45, 7) is 0. The molecule has 0 unspecified atom stereocenters. The molecule has 3 rings (SSSR count). The second-order valence-electron chi connectivity index (χ2n) is 5.51. The van der Waals surface area contributed by atoms with E-state index in [-0.39, 0.29) is 5.91 Å². The van der Waals surface area contributed by atoms with Gasteiger partial charge in [0, 0.05) is 10.6 Å². The molecule has 0 aliphatic rings. The Morgan fingerprint density at radius 2 is 1.36 bits per heavy atom. The van der Waals surface area contributed by atoms with E-state index in [0.29, 0.717) is 5.02 Å². The maximum atomic E-state index is 12.8. The van der Waals surface area contributed by atoms with E-state index >= 15 is 0 Å². The van der Waals surface area contributed by atoms with E-state index in [0.717, 1.165) is 16.7 Å². The Bertz CT molecular complexity index is 824. The summed E-state index contributed by atoms with van der Waals surface area (Å²) in [4.78, 5) is 12.8. The van der Waals surface area contributed by atoms with Crippen LogP contribution >= 0.6 is 11.6 Å². The standard InChI is InChI=1S/C21H17ClN2O/c22-19-14-8-7-13-18(19)15-23-24-21(25)20(16-9-3-1-4-10-16)17-11-5-2-6-12-17/h1-15,20H,(H,24,25). The van der Waals surface area contributed by atoms with Gasteiger partial charge in [-0.15, -0.1) is 0 Å². The van der Waals surface area contributed by atoms with E-state index < -0.39 is 5.92 Å². The van der Waals surface area contributed by atoms with Crippen molar-refractivity contribution < 1.29 is 4.79 Å². The van der Waals surface area contributed by atoms with Crippen LogP contribution in [-0.2, 0) is 4.79 Å². The van der Waals surface area contributed by atoms with E-state index in [9.17, 15) is 4.79 Å². The predicted molar refractivity (Wildman–Crippen MR) is 102 cm³/mol. The first-order chi connectivity index (χ1) is 12.3. The number of amides is 1. The van der Waals surface area contributed by atoms with Gasteiger partial charge in [0.25, 0.3) is 5.91 Å². The molecule has 124 valence electrons. The average Bonchev–Trinajstić information content (AvgIpc) is 2.65. The molecule has 0 atom stereocenters. The van der Waals surface area contributed by atoms with Crippen molar-refractivity contribution in [2.45, 2.75) is 5.92 Å². The Morgan fingerprint density at radius 3 is 1.92 bits per heavy atom. The first kappa shape index (κ1) is 16.9. The van der Waals surface area contributed by atoms with E-state index in [4.69, 9.17) is 11.6 Å². The molecule has 25 heavy (non-hydrogen) atoms. The van der Waals surface area contributed by atoms with Crippen LogP contribution in [0.25, 0.3) is 0 Å². The van der Waals surface area contributed by atoms with Crippen LogP contribution in [0.5, 0.6) is 0 Å². The van der Waals surface area contributed by atoms with Gasteiger partial charge in [0.1, 0.15) is 0 Å². The summed E-state index contributed by atoms with van der Waals surface area (Å²) in [5.74, 6) is -0.619. The van der Waals surface area contributed by atoms with Gasteiger partial charge < -0.3 is 0 Å². The van der Waals surface area contributed by atoms with Gasteiger partial charge >= 0.3 is 0 Å². The second-order valence-corrected chi connectivity index (χ2v) is 5.92. The van der Waals surface area contributed by atoms with Gasteiger partial charge in [-0.1, -0.05) is 90.5 Å². The number of hydrogen-bond donors (Lipinski definition) is 1. The SMILES string of the molecule is O=C(NN=Cc1ccccc1Cl)C(c1ccccc1)c1ccccc1. The molecule has 0 saturated heterocycles. The summed E-state index contributed by atoms with van der Waals surface area (Å²) in [6, 6.07) is 26.6. The molecule has 0 bridgehead atoms. The third-order valence-electron chi connectivity index (χ3n) is 3.81. The van der Waals surface area contributed by atoms with Crippen LogP contribution in [0.3, 0.4) is 0 Å². The van der Waals surface area contributed by atoms with Crippen molar-refractivity contribution in [1.82, 2.24) is 5.43 Å². The lowest BCUT2D eigenvalue weighted by atomic mass is 9.91. The van der Waals surface area contributed by atoms with Crippen molar-refractivity contribution in [1.29, 1.82) is 0 Å². The number of halogens is 1. The largest absolute Gasteiger partial charge is 0.272 e. The Labute approximate surface area is 152 Å². The number of carbonyl (C=O) groups is 1. The highest BCUT2D eigenvalue weighted by molar-refractivity contribution is 6.33. The summed E-state index contributed by atoms with van der Waals surface area (Å²) in [5, 5.41) is 4.65. The first-order valence-electron chi connectivity index (χ1n) is 7.93. The molecule has 0 radical (unpaired) electrons. The molecule has 0 aromatic heterocycles. The van der Waals surface area contributed by atoms with E-state index in [1.165, 1.54) is 0 Å². The van der Waals surface area contributed by atoms with E-state index in [1.807, 2.05) is 78.9 Å². The minimum atomic E-state index is -0.425. The van der Waals surface area contributed by atoms with Crippen molar-refractivity contribution in [3.05, 3.63) is 107 Å². The number of nitrogens with one attached hydrogen (secondary N) is 1. The van der Waals surface area contributed by atoms with Gasteiger partial charge in [0.2, 0.25) is 0 Å². The zero-order valence-electron chi connectivity index (χ0n) is 13.5. The number of hydrazone groups is 1. The van der Waals surface area contributed by atoms with Gasteiger partial charge in [-0.05, 0) is 17.2 Å². The molecule has 3 nitrogen and oxygen atoms in total. The molecule has 0 fully saturated rings. The molecule has 3 aromatic carbocycles. The predicted octanol–water partition coefficient (Wildman–Crippen LogP) is 4.62. The van der Waals surface area contributed by atoms with Gasteiger partial charge in [0.05, 0.1) is 12.1 Å². The molecule has 1 N–H and O–H groups in total. The molecule has 0 aliphatic heterocycles. The Balaban J connectivity index is 1.82. The Kier molecular flexibility index (Phi) is 5.60. The fourth-order valence-electron chi connectivity index (χ4n) is 2.60. The maximum absolute atomic E-state index is 12.8. The highest BCUT2D eigenvalue weighted by Gasteiger charge is 2.22. The van der Waals surface area contributed by atoms with Crippen LogP contribution in [0.2, 0.25) is 5.02 Å². The molecule has 4 heteroatoms. The van der Waals surface area contributed by atoms with Crippen molar-refractivity contribution in [2.75, 3.05) is 0 Å². The number of hydrogen-bond acceptors (Lipinski definition) is 2. The van der Waals surface area contributed by atoms with Crippen LogP contribution in [-0.4, -0.2) is 12.1 Å². The number of rotatable bonds is 5. The summed E-state index contributed by atoms with van der Waals surface area (Å²) >= 11 is 6.09. The van der Waals surface area contributed by atoms with Crippen molar-refractivity contribution >= 4 is 23.7 Å². The Morgan fingerprint density at radius 1 is 0.840 bits per heavy atom. The minimum absolute atomic E-state index is 0.194. The zero-order valence-corrected chi connectivity index (χ0v) is 14.2. The molecule has 0 aliphatic carbocycles. The third-order valence-corrected chi connectivity index (χ3v) is 4.16. The highest BCUT2D eigenvalue weighted by Crippen LogP contribution is 2.24. The lowest BCUT2D eigenvalue weighted by Gasteiger charge is -2.16. The average molecular weight is 349 g/mol. The maximum Gasteiger partial charge on any atom is 0.252 e. The molecule has 0 spiro atoms. The van der Waals surface area contributed by atoms with E-state index in [2.05, 4.69) is 10.5 Å². The number of nitrogens with zero attached hydrogens (tertiary/aromatic N) is 1. The van der Waals surface area contributed by atoms with Gasteiger partial charge in [0.15, 0.2) is 0 Å². The smallest absolute Gasteiger partial charge is 0.252 e. The molecule has 1 amide bonds. The highest BCUT2D eigenvalue weighted by atomic mass is 35.5. The molecular weight excluding hydrogens is 332 g/mol. The van der Waals surface area contributed by atoms with Crippen molar-refractivity contribution in [3.8, 4) is 0 Å². The van der Waals surface area contributed by atoms with Crippen LogP contribution < -0.4 is 5.43 Å². The topological polar surface area (TPSA) is 41.5 Å². The lowest BCUT2D eigenvalue weighted by molar-refractivity contribution is -0.121. The van der Waals surface area contributed by atoms with Crippen molar-refractivity contribution in [3.63, 3.8) is 0 Å². The second kappa shape index (κ2) is 8.27. The van der Waals surface area contributed by atoms with Gasteiger partial charge in [-0.25, -0.2) is 5.43 Å². The fraction of sp³-hybridized carbons (Fsp3) is 0.0476. The van der Waals surface area contributed by atoms with Crippen LogP contribution in [0.4, 0.5) is 0 Å². The number of benzene rings is 3. The van der Waals surface area contributed by atoms with Gasteiger partial charge in [-0.3, -0.25) is 4.79 Å². The summed E-state index contributed by atoms with van der Waals surface area (Å²) < 4.78 is 0. The van der Waals surface area contributed by atoms with E-state index in [1.54, 1.807) is 12.3 Å². The molecule has 3 aromatic rings. The monoisotopic (exact) mass is 348 g/mol. The quantitative estimate of drug-likeness (QED) is 0.530. The molecule has 0 heterocycles. The summed E-state index contributed by atoms with van der Waals surface area (Å²) in [7, 11) is 0. The van der Waals surface area contributed by atoms with Crippen LogP contribution in [0, 0.1) is 0 Å². The zero-order chi connectivity index (χ0) is 17.5. The van der Waals surface area contributed by atoms with Gasteiger partial charge in [-0.2, -0.15) is 5.10 Å². The van der Waals surface area contributed by atoms with Crippen molar-refractivity contribution in [2.24, 2.45) is 5.10 Å². The summed E-state index contributed by atoms with van der Waals surface area (Å²) in [6.07, 6.45) is 1.55. The first-order valence-corrected chi connectivity index (χ1v) is 8.31.